The number of carboxylic acid groups (broad SMARTS) is 1. The van der Waals surface area contributed by atoms with Gasteiger partial charge in [-0.05, 0) is 42.9 Å². The summed E-state index contributed by atoms with van der Waals surface area (Å²) in [6, 6.07) is 0. The van der Waals surface area contributed by atoms with Gasteiger partial charge in [-0.2, -0.15) is 0 Å². The standard InChI is InChI=1S/C19H39NO.C14H27NO3.C3H8/c1-5-6-7-8-9-10-11-12-13-14-17-20-18(21)15-16-19(2,3)4;1-4-14(2,3)10-9-12(16)15-11-7-5-6-8-13(17)18;1-3-2/h5-17H2,1-4H3,(H,20,21);4-11H2,1-3H3,(H,15,16)(H,17,18);3H2,1-2H3. The van der Waals surface area contributed by atoms with Gasteiger partial charge in [-0.15, -0.1) is 0 Å². The van der Waals surface area contributed by atoms with Crippen LogP contribution < -0.4 is 10.6 Å². The maximum Gasteiger partial charge on any atom is 0.303 e. The van der Waals surface area contributed by atoms with Gasteiger partial charge >= 0.3 is 5.97 Å². The van der Waals surface area contributed by atoms with Crippen molar-refractivity contribution in [1.82, 2.24) is 10.6 Å². The number of aliphatic carboxylic acids is 1. The predicted molar refractivity (Wildman–Crippen MR) is 182 cm³/mol. The maximum absolute atomic E-state index is 11.6. The highest BCUT2D eigenvalue weighted by Gasteiger charge is 2.16. The molecule has 0 aliphatic rings. The quantitative estimate of drug-likeness (QED) is 0.102. The number of rotatable bonds is 23. The van der Waals surface area contributed by atoms with Gasteiger partial charge < -0.3 is 15.7 Å². The smallest absolute Gasteiger partial charge is 0.303 e. The molecule has 6 heteroatoms. The first-order chi connectivity index (χ1) is 19.7. The third-order valence-corrected chi connectivity index (χ3v) is 7.33. The van der Waals surface area contributed by atoms with Gasteiger partial charge in [-0.1, -0.05) is 139 Å². The minimum Gasteiger partial charge on any atom is -0.481 e. The minimum atomic E-state index is -0.749. The summed E-state index contributed by atoms with van der Waals surface area (Å²) in [5.74, 6) is -0.420. The van der Waals surface area contributed by atoms with E-state index in [1.807, 2.05) is 0 Å². The largest absolute Gasteiger partial charge is 0.481 e. The molecule has 42 heavy (non-hydrogen) atoms. The third-order valence-electron chi connectivity index (χ3n) is 7.33. The van der Waals surface area contributed by atoms with Crippen molar-refractivity contribution < 1.29 is 19.5 Å². The fourth-order valence-electron chi connectivity index (χ4n) is 3.94. The molecule has 0 aliphatic heterocycles. The molecule has 2 amide bonds. The van der Waals surface area contributed by atoms with E-state index in [2.05, 4.69) is 72.9 Å². The Labute approximate surface area is 262 Å². The fraction of sp³-hybridized carbons (Fsp3) is 0.917. The van der Waals surface area contributed by atoms with E-state index in [1.54, 1.807) is 0 Å². The maximum atomic E-state index is 11.6. The van der Waals surface area contributed by atoms with Gasteiger partial charge in [0.15, 0.2) is 0 Å². The van der Waals surface area contributed by atoms with E-state index in [9.17, 15) is 14.4 Å². The first-order valence-electron chi connectivity index (χ1n) is 17.5. The molecule has 6 nitrogen and oxygen atoms in total. The van der Waals surface area contributed by atoms with Crippen molar-refractivity contribution in [2.24, 2.45) is 10.8 Å². The molecule has 0 aromatic heterocycles. The molecule has 0 saturated carbocycles. The lowest BCUT2D eigenvalue weighted by atomic mass is 9.85. The molecular formula is C36H74N2O4. The first-order valence-corrected chi connectivity index (χ1v) is 17.5. The van der Waals surface area contributed by atoms with Crippen LogP contribution in [0.15, 0.2) is 0 Å². The van der Waals surface area contributed by atoms with E-state index in [4.69, 9.17) is 5.11 Å². The third kappa shape index (κ3) is 42.9. The molecule has 0 aromatic rings. The molecule has 0 aromatic carbocycles. The second kappa shape index (κ2) is 30.9. The van der Waals surface area contributed by atoms with Crippen LogP contribution in [-0.2, 0) is 14.4 Å². The Morgan fingerprint density at radius 1 is 0.548 bits per heavy atom. The molecule has 0 atom stereocenters. The zero-order valence-corrected chi connectivity index (χ0v) is 29.7. The topological polar surface area (TPSA) is 95.5 Å². The van der Waals surface area contributed by atoms with Crippen molar-refractivity contribution in [3.05, 3.63) is 0 Å². The molecular weight excluding hydrogens is 524 g/mol. The number of unbranched alkanes of at least 4 members (excludes halogenated alkanes) is 11. The van der Waals surface area contributed by atoms with Crippen LogP contribution in [0.2, 0.25) is 0 Å². The van der Waals surface area contributed by atoms with Crippen molar-refractivity contribution in [3.8, 4) is 0 Å². The molecule has 0 heterocycles. The summed E-state index contributed by atoms with van der Waals surface area (Å²) in [5.41, 5.74) is 0.493. The summed E-state index contributed by atoms with van der Waals surface area (Å²) < 4.78 is 0. The summed E-state index contributed by atoms with van der Waals surface area (Å²) in [6.45, 7) is 21.1. The highest BCUT2D eigenvalue weighted by molar-refractivity contribution is 5.76. The number of amides is 2. The SMILES string of the molecule is CCC.CCC(C)(C)CCC(=O)NCCCCCC(=O)O.CCCCCCCCCCCCNC(=O)CCC(C)(C)C. The lowest BCUT2D eigenvalue weighted by Gasteiger charge is -2.21. The average molecular weight is 599 g/mol. The number of carbonyl (C=O) groups excluding carboxylic acids is 2. The zero-order chi connectivity index (χ0) is 32.7. The minimum absolute atomic E-state index is 0.106. The van der Waals surface area contributed by atoms with Gasteiger partial charge in [0, 0.05) is 32.4 Å². The molecule has 0 unspecified atom stereocenters. The monoisotopic (exact) mass is 599 g/mol. The van der Waals surface area contributed by atoms with Crippen LogP contribution in [0.25, 0.3) is 0 Å². The van der Waals surface area contributed by atoms with Gasteiger partial charge in [0.1, 0.15) is 0 Å². The molecule has 0 rings (SSSR count). The lowest BCUT2D eigenvalue weighted by Crippen LogP contribution is -2.25. The lowest BCUT2D eigenvalue weighted by molar-refractivity contribution is -0.137. The summed E-state index contributed by atoms with van der Waals surface area (Å²) in [6.07, 6.45) is 21.5. The van der Waals surface area contributed by atoms with Gasteiger partial charge in [-0.25, -0.2) is 0 Å². The van der Waals surface area contributed by atoms with Crippen LogP contribution in [0.4, 0.5) is 0 Å². The van der Waals surface area contributed by atoms with E-state index in [-0.39, 0.29) is 29.1 Å². The normalized spacial score (nSPS) is 11.1. The average Bonchev–Trinajstić information content (AvgIpc) is 2.91. The van der Waals surface area contributed by atoms with E-state index in [0.29, 0.717) is 25.8 Å². The Morgan fingerprint density at radius 2 is 0.929 bits per heavy atom. The molecule has 0 fully saturated rings. The van der Waals surface area contributed by atoms with Crippen LogP contribution in [0.5, 0.6) is 0 Å². The highest BCUT2D eigenvalue weighted by Crippen LogP contribution is 2.25. The predicted octanol–water partition coefficient (Wildman–Crippen LogP) is 10.2. The zero-order valence-electron chi connectivity index (χ0n) is 29.7. The summed E-state index contributed by atoms with van der Waals surface area (Å²) in [4.78, 5) is 33.5. The van der Waals surface area contributed by atoms with Crippen molar-refractivity contribution >= 4 is 17.8 Å². The van der Waals surface area contributed by atoms with Crippen molar-refractivity contribution in [1.29, 1.82) is 0 Å². The first kappa shape index (κ1) is 44.8. The molecule has 0 radical (unpaired) electrons. The second-order valence-electron chi connectivity index (χ2n) is 13.9. The number of hydrogen-bond donors (Lipinski definition) is 3. The molecule has 0 bridgehead atoms. The number of hydrogen-bond acceptors (Lipinski definition) is 3. The Bertz CT molecular complexity index is 626. The van der Waals surface area contributed by atoms with Crippen LogP contribution in [0.1, 0.15) is 191 Å². The fourth-order valence-corrected chi connectivity index (χ4v) is 3.94. The molecule has 0 aliphatic carbocycles. The second-order valence-corrected chi connectivity index (χ2v) is 13.9. The van der Waals surface area contributed by atoms with Gasteiger partial charge in [-0.3, -0.25) is 14.4 Å². The van der Waals surface area contributed by atoms with Crippen LogP contribution >= 0.6 is 0 Å². The van der Waals surface area contributed by atoms with Gasteiger partial charge in [0.05, 0.1) is 0 Å². The van der Waals surface area contributed by atoms with Crippen molar-refractivity contribution in [3.63, 3.8) is 0 Å². The van der Waals surface area contributed by atoms with Gasteiger partial charge in [0.2, 0.25) is 11.8 Å². The Kier molecular flexibility index (Phi) is 32.9. The van der Waals surface area contributed by atoms with Crippen molar-refractivity contribution in [2.75, 3.05) is 13.1 Å². The van der Waals surface area contributed by atoms with Crippen LogP contribution in [-0.4, -0.2) is 36.0 Å². The van der Waals surface area contributed by atoms with Crippen LogP contribution in [0, 0.1) is 10.8 Å². The molecule has 0 spiro atoms. The number of carbonyl (C=O) groups is 3. The molecule has 0 saturated heterocycles. The number of carboxylic acids is 1. The Morgan fingerprint density at radius 3 is 1.31 bits per heavy atom. The summed E-state index contributed by atoms with van der Waals surface area (Å²) in [5, 5.41) is 14.4. The van der Waals surface area contributed by atoms with E-state index < -0.39 is 5.97 Å². The van der Waals surface area contributed by atoms with E-state index in [1.165, 1.54) is 64.2 Å². The summed E-state index contributed by atoms with van der Waals surface area (Å²) in [7, 11) is 0. The van der Waals surface area contributed by atoms with Crippen molar-refractivity contribution in [2.45, 2.75) is 191 Å². The van der Waals surface area contributed by atoms with E-state index >= 15 is 0 Å². The molecule has 3 N–H and O–H groups in total. The highest BCUT2D eigenvalue weighted by atomic mass is 16.4. The Hall–Kier alpha value is -1.59. The number of nitrogens with one attached hydrogen (secondary N) is 2. The Balaban J connectivity index is -0.000000668. The van der Waals surface area contributed by atoms with E-state index in [0.717, 1.165) is 45.1 Å². The van der Waals surface area contributed by atoms with Gasteiger partial charge in [0.25, 0.3) is 0 Å². The molecule has 252 valence electrons. The van der Waals surface area contributed by atoms with Crippen LogP contribution in [0.3, 0.4) is 0 Å². The summed E-state index contributed by atoms with van der Waals surface area (Å²) >= 11 is 0.